The summed E-state index contributed by atoms with van der Waals surface area (Å²) in [7, 11) is 0. The molecule has 1 saturated heterocycles. The summed E-state index contributed by atoms with van der Waals surface area (Å²) in [5.41, 5.74) is 0. The van der Waals surface area contributed by atoms with Crippen molar-refractivity contribution in [3.8, 4) is 0 Å². The highest BCUT2D eigenvalue weighted by Gasteiger charge is 2.14. The largest absolute Gasteiger partial charge is 0.376 e. The first kappa shape index (κ1) is 11.3. The number of carbonyl (C=O) groups excluding carboxylic acids is 1. The molecule has 1 aliphatic heterocycles. The number of rotatable bonds is 3. The van der Waals surface area contributed by atoms with Gasteiger partial charge in [0.25, 0.3) is 0 Å². The van der Waals surface area contributed by atoms with Gasteiger partial charge in [-0.2, -0.15) is 0 Å². The lowest BCUT2D eigenvalue weighted by molar-refractivity contribution is -0.0853. The Labute approximate surface area is 84.1 Å². The molecule has 2 N–H and O–H groups in total. The van der Waals surface area contributed by atoms with E-state index in [4.69, 9.17) is 9.47 Å². The van der Waals surface area contributed by atoms with Crippen LogP contribution in [0.4, 0.5) is 4.79 Å². The third-order valence-corrected chi connectivity index (χ3v) is 1.80. The summed E-state index contributed by atoms with van der Waals surface area (Å²) in [5, 5.41) is 5.46. The molecule has 0 aliphatic carbocycles. The summed E-state index contributed by atoms with van der Waals surface area (Å²) < 4.78 is 10.6. The van der Waals surface area contributed by atoms with Crippen molar-refractivity contribution in [1.82, 2.24) is 10.6 Å². The Bertz CT molecular complexity index is 179. The van der Waals surface area contributed by atoms with Crippen LogP contribution in [-0.2, 0) is 9.47 Å². The smallest absolute Gasteiger partial charge is 0.315 e. The van der Waals surface area contributed by atoms with Crippen molar-refractivity contribution in [2.24, 2.45) is 0 Å². The second-order valence-electron chi connectivity index (χ2n) is 3.58. The molecule has 0 spiro atoms. The minimum absolute atomic E-state index is 0.0123. The molecule has 0 bridgehead atoms. The number of carbonyl (C=O) groups is 1. The predicted molar refractivity (Wildman–Crippen MR) is 52.2 cm³/mol. The van der Waals surface area contributed by atoms with E-state index in [-0.39, 0.29) is 18.2 Å². The van der Waals surface area contributed by atoms with Gasteiger partial charge in [-0.15, -0.1) is 0 Å². The van der Waals surface area contributed by atoms with Crippen LogP contribution in [0.25, 0.3) is 0 Å². The van der Waals surface area contributed by atoms with Crippen LogP contribution in [0.3, 0.4) is 0 Å². The third-order valence-electron chi connectivity index (χ3n) is 1.80. The Kier molecular flexibility index (Phi) is 4.69. The van der Waals surface area contributed by atoms with Crippen LogP contribution in [-0.4, -0.2) is 44.5 Å². The fourth-order valence-corrected chi connectivity index (χ4v) is 1.17. The van der Waals surface area contributed by atoms with E-state index in [0.717, 1.165) is 0 Å². The molecule has 5 nitrogen and oxygen atoms in total. The van der Waals surface area contributed by atoms with Gasteiger partial charge in [0.05, 0.1) is 25.9 Å². The molecule has 0 aromatic heterocycles. The van der Waals surface area contributed by atoms with Crippen molar-refractivity contribution in [2.75, 3.05) is 26.4 Å². The normalized spacial score (nSPS) is 22.1. The van der Waals surface area contributed by atoms with Crippen LogP contribution in [0.15, 0.2) is 0 Å². The number of urea groups is 1. The lowest BCUT2D eigenvalue weighted by Crippen LogP contribution is -2.45. The lowest BCUT2D eigenvalue weighted by Gasteiger charge is -2.23. The molecule has 1 aliphatic rings. The van der Waals surface area contributed by atoms with Crippen molar-refractivity contribution in [3.63, 3.8) is 0 Å². The predicted octanol–water partition coefficient (Wildman–Crippen LogP) is 0.109. The number of ether oxygens (including phenoxy) is 2. The van der Waals surface area contributed by atoms with E-state index in [1.54, 1.807) is 0 Å². The van der Waals surface area contributed by atoms with Crippen LogP contribution in [0.2, 0.25) is 0 Å². The van der Waals surface area contributed by atoms with Gasteiger partial charge in [0.1, 0.15) is 0 Å². The average molecular weight is 202 g/mol. The molecular formula is C9H18N2O3. The van der Waals surface area contributed by atoms with Crippen molar-refractivity contribution in [1.29, 1.82) is 0 Å². The summed E-state index contributed by atoms with van der Waals surface area (Å²) in [4.78, 5) is 11.2. The van der Waals surface area contributed by atoms with Crippen molar-refractivity contribution in [2.45, 2.75) is 26.0 Å². The Balaban J connectivity index is 2.09. The highest BCUT2D eigenvalue weighted by atomic mass is 16.6. The third kappa shape index (κ3) is 4.43. The van der Waals surface area contributed by atoms with Gasteiger partial charge in [-0.05, 0) is 13.8 Å². The first-order chi connectivity index (χ1) is 6.68. The Morgan fingerprint density at radius 1 is 1.50 bits per heavy atom. The van der Waals surface area contributed by atoms with E-state index in [1.807, 2.05) is 13.8 Å². The Morgan fingerprint density at radius 3 is 2.86 bits per heavy atom. The minimum atomic E-state index is -0.158. The summed E-state index contributed by atoms with van der Waals surface area (Å²) in [5.74, 6) is 0. The molecule has 0 radical (unpaired) electrons. The maximum absolute atomic E-state index is 11.2. The maximum atomic E-state index is 11.2. The number of nitrogens with one attached hydrogen (secondary N) is 2. The molecule has 14 heavy (non-hydrogen) atoms. The summed E-state index contributed by atoms with van der Waals surface area (Å²) >= 11 is 0. The lowest BCUT2D eigenvalue weighted by atomic mass is 10.3. The summed E-state index contributed by atoms with van der Waals surface area (Å²) in [6.45, 7) is 6.15. The molecule has 1 fully saturated rings. The SMILES string of the molecule is CC(C)NC(=O)NCC1COCCO1. The van der Waals surface area contributed by atoms with Gasteiger partial charge in [-0.1, -0.05) is 0 Å². The molecule has 1 unspecified atom stereocenters. The van der Waals surface area contributed by atoms with Gasteiger partial charge in [-0.3, -0.25) is 0 Å². The molecule has 5 heteroatoms. The van der Waals surface area contributed by atoms with Gasteiger partial charge < -0.3 is 20.1 Å². The van der Waals surface area contributed by atoms with Crippen LogP contribution < -0.4 is 10.6 Å². The van der Waals surface area contributed by atoms with Gasteiger partial charge in [0.2, 0.25) is 0 Å². The second-order valence-corrected chi connectivity index (χ2v) is 3.58. The van der Waals surface area contributed by atoms with Gasteiger partial charge in [0, 0.05) is 12.6 Å². The van der Waals surface area contributed by atoms with E-state index >= 15 is 0 Å². The van der Waals surface area contributed by atoms with Crippen LogP contribution in [0, 0.1) is 0 Å². The Hall–Kier alpha value is -0.810. The molecule has 1 rings (SSSR count). The van der Waals surface area contributed by atoms with E-state index in [1.165, 1.54) is 0 Å². The van der Waals surface area contributed by atoms with Gasteiger partial charge in [-0.25, -0.2) is 4.79 Å². The first-order valence-corrected chi connectivity index (χ1v) is 4.92. The molecule has 1 heterocycles. The molecule has 82 valence electrons. The van der Waals surface area contributed by atoms with Crippen LogP contribution in [0.5, 0.6) is 0 Å². The minimum Gasteiger partial charge on any atom is -0.376 e. The fourth-order valence-electron chi connectivity index (χ4n) is 1.17. The van der Waals surface area contributed by atoms with E-state index in [2.05, 4.69) is 10.6 Å². The zero-order chi connectivity index (χ0) is 10.4. The number of hydrogen-bond donors (Lipinski definition) is 2. The number of amides is 2. The maximum Gasteiger partial charge on any atom is 0.315 e. The summed E-state index contributed by atoms with van der Waals surface area (Å²) in [6.07, 6.45) is -0.0123. The summed E-state index contributed by atoms with van der Waals surface area (Å²) in [6, 6.07) is -0.00676. The van der Waals surface area contributed by atoms with E-state index in [0.29, 0.717) is 26.4 Å². The molecule has 0 aromatic rings. The second kappa shape index (κ2) is 5.82. The van der Waals surface area contributed by atoms with Crippen molar-refractivity contribution < 1.29 is 14.3 Å². The van der Waals surface area contributed by atoms with Crippen LogP contribution >= 0.6 is 0 Å². The fraction of sp³-hybridized carbons (Fsp3) is 0.889. The van der Waals surface area contributed by atoms with Gasteiger partial charge in [0.15, 0.2) is 0 Å². The monoisotopic (exact) mass is 202 g/mol. The highest BCUT2D eigenvalue weighted by Crippen LogP contribution is 1.98. The van der Waals surface area contributed by atoms with E-state index in [9.17, 15) is 4.79 Å². The standard InChI is InChI=1S/C9H18N2O3/c1-7(2)11-9(12)10-5-8-6-13-3-4-14-8/h7-8H,3-6H2,1-2H3,(H2,10,11,12). The zero-order valence-electron chi connectivity index (χ0n) is 8.71. The van der Waals surface area contributed by atoms with Gasteiger partial charge >= 0.3 is 6.03 Å². The molecular weight excluding hydrogens is 184 g/mol. The molecule has 0 saturated carbocycles. The topological polar surface area (TPSA) is 59.6 Å². The van der Waals surface area contributed by atoms with Crippen LogP contribution in [0.1, 0.15) is 13.8 Å². The molecule has 2 amide bonds. The number of hydrogen-bond acceptors (Lipinski definition) is 3. The zero-order valence-corrected chi connectivity index (χ0v) is 8.71. The average Bonchev–Trinajstić information content (AvgIpc) is 2.15. The van der Waals surface area contributed by atoms with Crippen molar-refractivity contribution in [3.05, 3.63) is 0 Å². The first-order valence-electron chi connectivity index (χ1n) is 4.92. The quantitative estimate of drug-likeness (QED) is 0.683. The van der Waals surface area contributed by atoms with Crippen molar-refractivity contribution >= 4 is 6.03 Å². The molecule has 1 atom stereocenters. The molecule has 0 aromatic carbocycles. The van der Waals surface area contributed by atoms with E-state index < -0.39 is 0 Å². The Morgan fingerprint density at radius 2 is 2.29 bits per heavy atom. The highest BCUT2D eigenvalue weighted by molar-refractivity contribution is 5.74.